The summed E-state index contributed by atoms with van der Waals surface area (Å²) in [5, 5.41) is 0.180. The van der Waals surface area contributed by atoms with E-state index in [0.29, 0.717) is 11.4 Å². The molecule has 2 aromatic carbocycles. The molecule has 0 atom stereocenters. The van der Waals surface area contributed by atoms with E-state index < -0.39 is 10.0 Å². The lowest BCUT2D eigenvalue weighted by Crippen LogP contribution is -2.29. The number of thioether (sulfide) groups is 1. The molecule has 0 N–H and O–H groups in total. The summed E-state index contributed by atoms with van der Waals surface area (Å²) >= 11 is 1.09. The fourth-order valence-electron chi connectivity index (χ4n) is 4.38. The van der Waals surface area contributed by atoms with Gasteiger partial charge in [-0.3, -0.25) is 9.69 Å². The second-order valence-electron chi connectivity index (χ2n) is 8.78. The quantitative estimate of drug-likeness (QED) is 0.541. The number of carbonyl (C=O) groups is 1. The fourth-order valence-corrected chi connectivity index (χ4v) is 6.56. The third-order valence-corrected chi connectivity index (χ3v) is 8.79. The second kappa shape index (κ2) is 9.07. The summed E-state index contributed by atoms with van der Waals surface area (Å²) in [6, 6.07) is 14.9. The maximum Gasteiger partial charge on any atom is 0.284 e. The number of anilines is 1. The number of rotatable bonds is 5. The van der Waals surface area contributed by atoms with E-state index in [9.17, 15) is 13.2 Å². The molecule has 34 heavy (non-hydrogen) atoms. The van der Waals surface area contributed by atoms with Crippen LogP contribution in [0.3, 0.4) is 0 Å². The number of aryl methyl sites for hydroxylation is 1. The van der Waals surface area contributed by atoms with Crippen LogP contribution in [0.15, 0.2) is 80.6 Å². The third kappa shape index (κ3) is 4.20. The zero-order valence-corrected chi connectivity index (χ0v) is 21.7. The minimum absolute atomic E-state index is 0.118. The number of hydrogen-bond acceptors (Lipinski definition) is 5. The number of sulfonamides is 1. The zero-order chi connectivity index (χ0) is 24.7. The number of para-hydroxylation sites is 1. The number of allylic oxidation sites excluding steroid dienone is 3. The molecule has 4 rings (SSSR count). The summed E-state index contributed by atoms with van der Waals surface area (Å²) in [5.41, 5.74) is 4.26. The first kappa shape index (κ1) is 24.3. The molecule has 1 fully saturated rings. The van der Waals surface area contributed by atoms with E-state index in [1.54, 1.807) is 30.3 Å². The Balaban J connectivity index is 1.66. The van der Waals surface area contributed by atoms with Crippen molar-refractivity contribution in [1.29, 1.82) is 0 Å². The molecular weight excluding hydrogens is 466 g/mol. The first-order valence-electron chi connectivity index (χ1n) is 11.3. The van der Waals surface area contributed by atoms with Crippen LogP contribution in [-0.4, -0.2) is 38.0 Å². The van der Waals surface area contributed by atoms with Gasteiger partial charge in [-0.2, -0.15) is 8.42 Å². The number of amidine groups is 1. The molecule has 8 heteroatoms. The standard InChI is InChI=1S/C26H29N3O3S2/c1-6-18-12-14-19(15-13-18)34(31,32)27-25-29(7-2)24(30)22(33-25)16-17-23-26(3,4)20-10-8-9-11-21(20)28(23)5/h8-17H,6-7H2,1-5H3/b22-16-,23-17+,27-25+. The lowest BCUT2D eigenvalue weighted by atomic mass is 9.84. The van der Waals surface area contributed by atoms with Crippen molar-refractivity contribution in [1.82, 2.24) is 4.90 Å². The first-order valence-corrected chi connectivity index (χ1v) is 13.5. The molecule has 1 saturated heterocycles. The largest absolute Gasteiger partial charge is 0.347 e. The Kier molecular flexibility index (Phi) is 6.48. The minimum Gasteiger partial charge on any atom is -0.347 e. The van der Waals surface area contributed by atoms with E-state index in [2.05, 4.69) is 35.3 Å². The molecule has 6 nitrogen and oxygen atoms in total. The van der Waals surface area contributed by atoms with E-state index in [1.165, 1.54) is 10.5 Å². The number of amides is 1. The van der Waals surface area contributed by atoms with Gasteiger partial charge in [0, 0.05) is 30.4 Å². The molecule has 2 aromatic rings. The van der Waals surface area contributed by atoms with Crippen molar-refractivity contribution in [2.24, 2.45) is 4.40 Å². The van der Waals surface area contributed by atoms with Crippen molar-refractivity contribution in [2.45, 2.75) is 44.4 Å². The van der Waals surface area contributed by atoms with Crippen LogP contribution in [0.2, 0.25) is 0 Å². The fraction of sp³-hybridized carbons (Fsp3) is 0.308. The van der Waals surface area contributed by atoms with Gasteiger partial charge in [0.25, 0.3) is 15.9 Å². The molecule has 178 valence electrons. The van der Waals surface area contributed by atoms with Gasteiger partial charge in [0.1, 0.15) is 0 Å². The van der Waals surface area contributed by atoms with Gasteiger partial charge in [0.05, 0.1) is 9.80 Å². The van der Waals surface area contributed by atoms with Gasteiger partial charge in [-0.25, -0.2) is 0 Å². The Labute approximate surface area is 206 Å². The van der Waals surface area contributed by atoms with Crippen LogP contribution in [0.1, 0.15) is 38.8 Å². The van der Waals surface area contributed by atoms with Crippen molar-refractivity contribution in [3.8, 4) is 0 Å². The monoisotopic (exact) mass is 495 g/mol. The van der Waals surface area contributed by atoms with Gasteiger partial charge < -0.3 is 4.90 Å². The summed E-state index contributed by atoms with van der Waals surface area (Å²) in [6.07, 6.45) is 4.55. The molecule has 0 aromatic heterocycles. The summed E-state index contributed by atoms with van der Waals surface area (Å²) in [5.74, 6) is -0.240. The van der Waals surface area contributed by atoms with Crippen LogP contribution >= 0.6 is 11.8 Å². The van der Waals surface area contributed by atoms with Crippen LogP contribution in [0.5, 0.6) is 0 Å². The molecule has 0 radical (unpaired) electrons. The molecule has 2 aliphatic rings. The normalized spacial score (nSPS) is 21.2. The van der Waals surface area contributed by atoms with E-state index in [4.69, 9.17) is 0 Å². The number of benzene rings is 2. The molecule has 0 aliphatic carbocycles. The van der Waals surface area contributed by atoms with Crippen molar-refractivity contribution < 1.29 is 13.2 Å². The van der Waals surface area contributed by atoms with E-state index >= 15 is 0 Å². The predicted octanol–water partition coefficient (Wildman–Crippen LogP) is 5.08. The van der Waals surface area contributed by atoms with Crippen molar-refractivity contribution >= 4 is 38.5 Å². The molecule has 0 unspecified atom stereocenters. The van der Waals surface area contributed by atoms with Gasteiger partial charge >= 0.3 is 0 Å². The maximum atomic E-state index is 13.0. The Hall–Kier alpha value is -2.84. The van der Waals surface area contributed by atoms with Crippen LogP contribution in [0, 0.1) is 0 Å². The lowest BCUT2D eigenvalue weighted by molar-refractivity contribution is -0.122. The van der Waals surface area contributed by atoms with Crippen molar-refractivity contribution in [2.75, 3.05) is 18.5 Å². The molecule has 2 heterocycles. The Morgan fingerprint density at radius 1 is 1.03 bits per heavy atom. The number of nitrogens with zero attached hydrogens (tertiary/aromatic N) is 3. The minimum atomic E-state index is -3.93. The highest BCUT2D eigenvalue weighted by atomic mass is 32.2. The number of carbonyl (C=O) groups excluding carboxylic acids is 1. The summed E-state index contributed by atoms with van der Waals surface area (Å²) in [4.78, 5) is 17.1. The first-order chi connectivity index (χ1) is 16.1. The van der Waals surface area contributed by atoms with E-state index in [1.807, 2.05) is 39.1 Å². The topological polar surface area (TPSA) is 70.0 Å². The Morgan fingerprint density at radius 2 is 1.71 bits per heavy atom. The molecule has 0 saturated carbocycles. The number of likely N-dealkylation sites (N-methyl/N-ethyl adjacent to an activating group) is 2. The smallest absolute Gasteiger partial charge is 0.284 e. The Morgan fingerprint density at radius 3 is 2.32 bits per heavy atom. The zero-order valence-electron chi connectivity index (χ0n) is 20.1. The SMILES string of the molecule is CCc1ccc(S(=O)(=O)/N=C2/S/C(=C\C=C3\N(C)c4ccccc4C3(C)C)C(=O)N2CC)cc1. The second-order valence-corrected chi connectivity index (χ2v) is 11.4. The maximum absolute atomic E-state index is 13.0. The highest BCUT2D eigenvalue weighted by molar-refractivity contribution is 8.19. The highest BCUT2D eigenvalue weighted by Crippen LogP contribution is 2.46. The average molecular weight is 496 g/mol. The van der Waals surface area contributed by atoms with Crippen molar-refractivity contribution in [3.05, 3.63) is 82.4 Å². The van der Waals surface area contributed by atoms with Crippen LogP contribution in [-0.2, 0) is 26.7 Å². The van der Waals surface area contributed by atoms with Crippen LogP contribution < -0.4 is 4.90 Å². The van der Waals surface area contributed by atoms with E-state index in [0.717, 1.165) is 35.1 Å². The predicted molar refractivity (Wildman–Crippen MR) is 139 cm³/mol. The highest BCUT2D eigenvalue weighted by Gasteiger charge is 2.38. The molecule has 1 amide bonds. The third-order valence-electron chi connectivity index (χ3n) is 6.37. The van der Waals surface area contributed by atoms with E-state index in [-0.39, 0.29) is 21.4 Å². The molecule has 0 spiro atoms. The molecule has 0 bridgehead atoms. The van der Waals surface area contributed by atoms with Gasteiger partial charge in [-0.05, 0) is 66.6 Å². The van der Waals surface area contributed by atoms with Crippen LogP contribution in [0.25, 0.3) is 0 Å². The number of fused-ring (bicyclic) bond motifs is 1. The van der Waals surface area contributed by atoms with Gasteiger partial charge in [-0.1, -0.05) is 51.1 Å². The number of hydrogen-bond donors (Lipinski definition) is 0. The van der Waals surface area contributed by atoms with Gasteiger partial charge in [0.2, 0.25) is 0 Å². The molecule has 2 aliphatic heterocycles. The summed E-state index contributed by atoms with van der Waals surface area (Å²) in [6.45, 7) is 8.47. The van der Waals surface area contributed by atoms with Crippen molar-refractivity contribution in [3.63, 3.8) is 0 Å². The van der Waals surface area contributed by atoms with Crippen LogP contribution in [0.4, 0.5) is 5.69 Å². The van der Waals surface area contributed by atoms with Gasteiger partial charge in [-0.15, -0.1) is 4.40 Å². The summed E-state index contributed by atoms with van der Waals surface area (Å²) in [7, 11) is -1.91. The lowest BCUT2D eigenvalue weighted by Gasteiger charge is -2.23. The average Bonchev–Trinajstić information content (AvgIpc) is 3.21. The Bertz CT molecular complexity index is 1320. The molecular formula is C26H29N3O3S2. The van der Waals surface area contributed by atoms with Gasteiger partial charge in [0.15, 0.2) is 5.17 Å². The summed E-state index contributed by atoms with van der Waals surface area (Å²) < 4.78 is 29.8.